The molecule has 29 heavy (non-hydrogen) atoms. The number of hydrogen-bond donors (Lipinski definition) is 4. The monoisotopic (exact) mass is 408 g/mol. The summed E-state index contributed by atoms with van der Waals surface area (Å²) >= 11 is 0. The van der Waals surface area contributed by atoms with E-state index in [1.807, 2.05) is 0 Å². The normalized spacial score (nSPS) is 52.9. The molecule has 4 N–H and O–H groups in total. The predicted molar refractivity (Wildman–Crippen MR) is 110 cm³/mol. The van der Waals surface area contributed by atoms with E-state index in [2.05, 4.69) is 20.8 Å². The number of aliphatic hydroxyl groups is 3. The standard InChI is InChI=1S/C24H40O5/c1-14(4-7-21(27)28)17-5-6-18-16-12-20(26)24(29)13-15(25)8-11-23(24,3)19(16)9-10-22(17,18)2/h14-20,25-26,29H,4-13H2,1-3H3,(H,27,28)/t14-,15+,16?,17-,18?,19?,20-,22-,23-,24+/m1/s1. The summed E-state index contributed by atoms with van der Waals surface area (Å²) in [6.07, 6.45) is 6.65. The first-order chi connectivity index (χ1) is 13.5. The quantitative estimate of drug-likeness (QED) is 0.570. The van der Waals surface area contributed by atoms with E-state index >= 15 is 0 Å². The summed E-state index contributed by atoms with van der Waals surface area (Å²) in [7, 11) is 0. The summed E-state index contributed by atoms with van der Waals surface area (Å²) in [6.45, 7) is 6.82. The van der Waals surface area contributed by atoms with Gasteiger partial charge in [0.2, 0.25) is 0 Å². The Hall–Kier alpha value is -0.650. The molecule has 4 aliphatic rings. The molecule has 0 saturated heterocycles. The number of rotatable bonds is 4. The van der Waals surface area contributed by atoms with Crippen LogP contribution in [0.3, 0.4) is 0 Å². The van der Waals surface area contributed by atoms with Crippen LogP contribution in [0.15, 0.2) is 0 Å². The van der Waals surface area contributed by atoms with Crippen molar-refractivity contribution in [1.82, 2.24) is 0 Å². The Morgan fingerprint density at radius 2 is 1.79 bits per heavy atom. The molecule has 4 aliphatic carbocycles. The summed E-state index contributed by atoms with van der Waals surface area (Å²) in [4.78, 5) is 11.1. The first-order valence-corrected chi connectivity index (χ1v) is 11.8. The van der Waals surface area contributed by atoms with Gasteiger partial charge in [0, 0.05) is 18.3 Å². The molecular weight excluding hydrogens is 368 g/mol. The van der Waals surface area contributed by atoms with Gasteiger partial charge >= 0.3 is 5.97 Å². The highest BCUT2D eigenvalue weighted by molar-refractivity contribution is 5.66. The van der Waals surface area contributed by atoms with Crippen LogP contribution in [0.2, 0.25) is 0 Å². The summed E-state index contributed by atoms with van der Waals surface area (Å²) < 4.78 is 0. The average molecular weight is 409 g/mol. The number of carboxylic acids is 1. The van der Waals surface area contributed by atoms with Crippen molar-refractivity contribution in [3.63, 3.8) is 0 Å². The fourth-order valence-corrected chi connectivity index (χ4v) is 8.79. The van der Waals surface area contributed by atoms with E-state index in [0.717, 1.165) is 38.5 Å². The third-order valence-electron chi connectivity index (χ3n) is 10.4. The third-order valence-corrected chi connectivity index (χ3v) is 10.4. The van der Waals surface area contributed by atoms with Crippen LogP contribution in [0.1, 0.15) is 85.0 Å². The lowest BCUT2D eigenvalue weighted by Crippen LogP contribution is -2.68. The summed E-state index contributed by atoms with van der Waals surface area (Å²) in [5.74, 6) is 1.61. The van der Waals surface area contributed by atoms with Gasteiger partial charge in [-0.15, -0.1) is 0 Å². The molecule has 0 bridgehead atoms. The number of aliphatic carboxylic acids is 1. The Morgan fingerprint density at radius 1 is 1.07 bits per heavy atom. The molecule has 0 radical (unpaired) electrons. The lowest BCUT2D eigenvalue weighted by atomic mass is 9.42. The van der Waals surface area contributed by atoms with Gasteiger partial charge in [0.25, 0.3) is 0 Å². The lowest BCUT2D eigenvalue weighted by Gasteiger charge is -2.65. The third kappa shape index (κ3) is 3.10. The highest BCUT2D eigenvalue weighted by atomic mass is 16.4. The van der Waals surface area contributed by atoms with Gasteiger partial charge in [-0.3, -0.25) is 4.79 Å². The molecule has 10 atom stereocenters. The van der Waals surface area contributed by atoms with Gasteiger partial charge in [-0.1, -0.05) is 20.8 Å². The summed E-state index contributed by atoms with van der Waals surface area (Å²) in [6, 6.07) is 0. The van der Waals surface area contributed by atoms with Crippen molar-refractivity contribution < 1.29 is 25.2 Å². The van der Waals surface area contributed by atoms with E-state index in [4.69, 9.17) is 5.11 Å². The minimum atomic E-state index is -1.17. The number of hydrogen-bond acceptors (Lipinski definition) is 4. The maximum atomic E-state index is 11.5. The molecule has 0 heterocycles. The maximum Gasteiger partial charge on any atom is 0.303 e. The Labute approximate surface area is 174 Å². The number of fused-ring (bicyclic) bond motifs is 5. The minimum absolute atomic E-state index is 0.207. The van der Waals surface area contributed by atoms with Crippen LogP contribution in [0.4, 0.5) is 0 Å². The van der Waals surface area contributed by atoms with Gasteiger partial charge in [-0.05, 0) is 86.4 Å². The Kier molecular flexibility index (Phi) is 5.36. The van der Waals surface area contributed by atoms with E-state index in [9.17, 15) is 20.1 Å². The first kappa shape index (κ1) is 21.6. The van der Waals surface area contributed by atoms with E-state index in [0.29, 0.717) is 48.9 Å². The number of carboxylic acid groups (broad SMARTS) is 1. The fourth-order valence-electron chi connectivity index (χ4n) is 8.79. The second-order valence-electron chi connectivity index (χ2n) is 11.5. The first-order valence-electron chi connectivity index (χ1n) is 11.8. The predicted octanol–water partition coefficient (Wildman–Crippen LogP) is 3.59. The van der Waals surface area contributed by atoms with Crippen LogP contribution in [0.25, 0.3) is 0 Å². The van der Waals surface area contributed by atoms with Crippen molar-refractivity contribution in [2.24, 2.45) is 40.4 Å². The summed E-state index contributed by atoms with van der Waals surface area (Å²) in [5.41, 5.74) is -1.30. The fraction of sp³-hybridized carbons (Fsp3) is 0.958. The van der Waals surface area contributed by atoms with E-state index in [-0.39, 0.29) is 17.3 Å². The van der Waals surface area contributed by atoms with Crippen LogP contribution in [0, 0.1) is 40.4 Å². The van der Waals surface area contributed by atoms with Crippen molar-refractivity contribution in [1.29, 1.82) is 0 Å². The Bertz CT molecular complexity index is 651. The van der Waals surface area contributed by atoms with E-state index < -0.39 is 23.8 Å². The van der Waals surface area contributed by atoms with Gasteiger partial charge < -0.3 is 20.4 Å². The molecule has 0 spiro atoms. The molecule has 0 aromatic rings. The topological polar surface area (TPSA) is 98.0 Å². The van der Waals surface area contributed by atoms with E-state index in [1.165, 1.54) is 0 Å². The molecular formula is C24H40O5. The van der Waals surface area contributed by atoms with Gasteiger partial charge in [0.1, 0.15) is 0 Å². The van der Waals surface area contributed by atoms with Crippen molar-refractivity contribution in [2.75, 3.05) is 0 Å². The van der Waals surface area contributed by atoms with Crippen LogP contribution in [0.5, 0.6) is 0 Å². The van der Waals surface area contributed by atoms with E-state index in [1.54, 1.807) is 0 Å². The maximum absolute atomic E-state index is 11.5. The van der Waals surface area contributed by atoms with Crippen LogP contribution < -0.4 is 0 Å². The van der Waals surface area contributed by atoms with Crippen LogP contribution in [-0.2, 0) is 4.79 Å². The molecule has 4 rings (SSSR count). The molecule has 3 unspecified atom stereocenters. The SMILES string of the molecule is C[C@H](CCC(=O)O)[C@H]1CCC2C3C[C@@H](O)[C@@]4(O)C[C@@H](O)CC[C@]4(C)C3CC[C@@]21C. The minimum Gasteiger partial charge on any atom is -0.481 e. The second-order valence-corrected chi connectivity index (χ2v) is 11.5. The lowest BCUT2D eigenvalue weighted by molar-refractivity contribution is -0.264. The Balaban J connectivity index is 1.58. The molecule has 166 valence electrons. The zero-order valence-electron chi connectivity index (χ0n) is 18.3. The molecule has 0 aromatic heterocycles. The van der Waals surface area contributed by atoms with Crippen LogP contribution >= 0.6 is 0 Å². The highest BCUT2D eigenvalue weighted by Gasteiger charge is 2.67. The molecule has 0 amide bonds. The van der Waals surface area contributed by atoms with Gasteiger partial charge in [-0.25, -0.2) is 0 Å². The highest BCUT2D eigenvalue weighted by Crippen LogP contribution is 2.69. The number of carbonyl (C=O) groups is 1. The van der Waals surface area contributed by atoms with Gasteiger partial charge in [0.15, 0.2) is 0 Å². The molecule has 5 nitrogen and oxygen atoms in total. The van der Waals surface area contributed by atoms with Gasteiger partial charge in [-0.2, -0.15) is 0 Å². The molecule has 5 heteroatoms. The molecule has 0 aliphatic heterocycles. The van der Waals surface area contributed by atoms with Crippen molar-refractivity contribution in [3.8, 4) is 0 Å². The molecule has 4 fully saturated rings. The van der Waals surface area contributed by atoms with Gasteiger partial charge in [0.05, 0.1) is 17.8 Å². The van der Waals surface area contributed by atoms with Crippen molar-refractivity contribution >= 4 is 5.97 Å². The van der Waals surface area contributed by atoms with Crippen LogP contribution in [-0.4, -0.2) is 44.2 Å². The summed E-state index contributed by atoms with van der Waals surface area (Å²) in [5, 5.41) is 41.9. The Morgan fingerprint density at radius 3 is 2.48 bits per heavy atom. The smallest absolute Gasteiger partial charge is 0.303 e. The van der Waals surface area contributed by atoms with Crippen molar-refractivity contribution in [3.05, 3.63) is 0 Å². The van der Waals surface area contributed by atoms with Crippen molar-refractivity contribution in [2.45, 2.75) is 103 Å². The molecule has 4 saturated carbocycles. The molecule has 0 aromatic carbocycles. The largest absolute Gasteiger partial charge is 0.481 e. The average Bonchev–Trinajstić information content (AvgIpc) is 3.00. The zero-order chi connectivity index (χ0) is 21.2. The second kappa shape index (κ2) is 7.20. The number of aliphatic hydroxyl groups excluding tert-OH is 2. The zero-order valence-corrected chi connectivity index (χ0v) is 18.3.